The number of aliphatic hydroxyl groups excluding tert-OH is 1. The molecule has 0 fully saturated rings. The smallest absolute Gasteiger partial charge is 0.462 e. The van der Waals surface area contributed by atoms with Crippen LogP contribution in [0.5, 0.6) is 0 Å². The molecule has 98 heavy (non-hydrogen) atoms. The lowest BCUT2D eigenvalue weighted by molar-refractivity contribution is -0.161. The highest BCUT2D eigenvalue weighted by atomic mass is 31.2. The number of carbonyl (C=O) groups is 4. The minimum atomic E-state index is -4.96. The molecule has 0 rings (SSSR count). The molecule has 0 aliphatic rings. The first-order valence-electron chi connectivity index (χ1n) is 40.6. The van der Waals surface area contributed by atoms with Crippen molar-refractivity contribution in [3.63, 3.8) is 0 Å². The Labute approximate surface area is 599 Å². The third kappa shape index (κ3) is 71.9. The van der Waals surface area contributed by atoms with E-state index in [1.807, 2.05) is 0 Å². The number of carbonyl (C=O) groups excluding carboxylic acids is 4. The van der Waals surface area contributed by atoms with Crippen LogP contribution in [-0.2, 0) is 65.4 Å². The van der Waals surface area contributed by atoms with Crippen LogP contribution >= 0.6 is 15.6 Å². The van der Waals surface area contributed by atoms with E-state index in [0.717, 1.165) is 122 Å². The summed E-state index contributed by atoms with van der Waals surface area (Å²) in [4.78, 5) is 73.0. The molecular weight excluding hydrogens is 1280 g/mol. The number of aliphatic hydroxyl groups is 1. The molecule has 3 N–H and O–H groups in total. The zero-order valence-corrected chi connectivity index (χ0v) is 65.0. The topological polar surface area (TPSA) is 237 Å². The minimum Gasteiger partial charge on any atom is -0.462 e. The van der Waals surface area contributed by atoms with Crippen molar-refractivity contribution in [2.75, 3.05) is 39.6 Å². The second-order valence-corrected chi connectivity index (χ2v) is 30.6. The van der Waals surface area contributed by atoms with E-state index in [1.54, 1.807) is 0 Å². The van der Waals surface area contributed by atoms with Crippen molar-refractivity contribution in [1.82, 2.24) is 0 Å². The molecule has 578 valence electrons. The van der Waals surface area contributed by atoms with E-state index < -0.39 is 97.5 Å². The maximum Gasteiger partial charge on any atom is 0.472 e. The fraction of sp³-hybridized carbons (Fsp3) is 0.899. The number of unbranched alkanes of at least 4 members (excludes halogenated alkanes) is 48. The van der Waals surface area contributed by atoms with Gasteiger partial charge in [0, 0.05) is 25.7 Å². The van der Waals surface area contributed by atoms with Gasteiger partial charge in [-0.1, -0.05) is 322 Å². The van der Waals surface area contributed by atoms with Crippen LogP contribution < -0.4 is 0 Å². The van der Waals surface area contributed by atoms with Gasteiger partial charge in [0.2, 0.25) is 0 Å². The fourth-order valence-electron chi connectivity index (χ4n) is 11.7. The summed E-state index contributed by atoms with van der Waals surface area (Å²) in [6.07, 6.45) is 67.2. The Hall–Kier alpha value is -2.46. The largest absolute Gasteiger partial charge is 0.472 e. The number of hydrogen-bond donors (Lipinski definition) is 3. The van der Waals surface area contributed by atoms with Gasteiger partial charge >= 0.3 is 39.5 Å². The van der Waals surface area contributed by atoms with Gasteiger partial charge in [-0.3, -0.25) is 37.3 Å². The van der Waals surface area contributed by atoms with Crippen LogP contribution in [0.25, 0.3) is 0 Å². The van der Waals surface area contributed by atoms with Crippen LogP contribution in [0.1, 0.15) is 400 Å². The molecule has 0 aromatic rings. The average Bonchev–Trinajstić information content (AvgIpc) is 0.959. The zero-order valence-electron chi connectivity index (χ0n) is 63.2. The van der Waals surface area contributed by atoms with Gasteiger partial charge in [-0.15, -0.1) is 0 Å². The summed E-state index contributed by atoms with van der Waals surface area (Å²) in [5.41, 5.74) is 0. The molecule has 0 aliphatic carbocycles. The van der Waals surface area contributed by atoms with E-state index in [-0.39, 0.29) is 25.7 Å². The Kier molecular flexibility index (Phi) is 71.0. The molecule has 0 aromatic carbocycles. The first-order valence-corrected chi connectivity index (χ1v) is 43.6. The van der Waals surface area contributed by atoms with Crippen molar-refractivity contribution in [1.29, 1.82) is 0 Å². The maximum atomic E-state index is 13.1. The van der Waals surface area contributed by atoms with Gasteiger partial charge < -0.3 is 33.8 Å². The van der Waals surface area contributed by atoms with Crippen molar-refractivity contribution < 1.29 is 80.2 Å². The van der Waals surface area contributed by atoms with E-state index in [9.17, 15) is 43.2 Å². The third-order valence-corrected chi connectivity index (χ3v) is 19.8. The summed E-state index contributed by atoms with van der Waals surface area (Å²) < 4.78 is 68.6. The molecular formula is C79H150O17P2. The van der Waals surface area contributed by atoms with Crippen LogP contribution in [0.4, 0.5) is 0 Å². The van der Waals surface area contributed by atoms with Crippen LogP contribution in [-0.4, -0.2) is 96.7 Å². The van der Waals surface area contributed by atoms with E-state index in [1.165, 1.54) is 199 Å². The molecule has 5 atom stereocenters. The standard InChI is InChI=1S/C79H150O17P2/c1-5-9-13-17-21-25-29-33-36-40-43-47-51-55-59-63-76(81)89-69-74(95-78(83)65-61-57-53-49-45-39-32-28-24-20-16-12-8-4)71-93-97(85,86)91-67-73(80)68-92-98(87,88)94-72-75(96-79(84)66-62-58-54-50-46-42-38-35-31-27-23-19-15-11-7-3)70-90-77(82)64-60-56-52-48-44-41-37-34-30-26-22-18-14-10-6-2/h33,35-36,38,73-75,80H,5-32,34,37,39-72H2,1-4H3,(H,85,86)(H,87,88)/b36-33-,38-35-/t73-,74+,75+/m0/s1. The second kappa shape index (κ2) is 72.9. The molecule has 0 bridgehead atoms. The predicted octanol–water partition coefficient (Wildman–Crippen LogP) is 23.3. The molecule has 17 nitrogen and oxygen atoms in total. The molecule has 0 aliphatic heterocycles. The first-order chi connectivity index (χ1) is 47.7. The van der Waals surface area contributed by atoms with Crippen LogP contribution in [0, 0.1) is 0 Å². The lowest BCUT2D eigenvalue weighted by Crippen LogP contribution is -2.30. The predicted molar refractivity (Wildman–Crippen MR) is 400 cm³/mol. The number of allylic oxidation sites excluding steroid dienone is 4. The van der Waals surface area contributed by atoms with Gasteiger partial charge in [0.1, 0.15) is 19.3 Å². The van der Waals surface area contributed by atoms with Gasteiger partial charge in [-0.2, -0.15) is 0 Å². The van der Waals surface area contributed by atoms with Gasteiger partial charge in [-0.05, 0) is 77.0 Å². The van der Waals surface area contributed by atoms with E-state index >= 15 is 0 Å². The van der Waals surface area contributed by atoms with Crippen LogP contribution in [0.2, 0.25) is 0 Å². The first kappa shape index (κ1) is 95.5. The monoisotopic (exact) mass is 1430 g/mol. The highest BCUT2D eigenvalue weighted by Crippen LogP contribution is 2.45. The van der Waals surface area contributed by atoms with Gasteiger partial charge in [-0.25, -0.2) is 9.13 Å². The van der Waals surface area contributed by atoms with Crippen molar-refractivity contribution in [2.45, 2.75) is 418 Å². The summed E-state index contributed by atoms with van der Waals surface area (Å²) >= 11 is 0. The summed E-state index contributed by atoms with van der Waals surface area (Å²) in [5.74, 6) is -2.14. The number of phosphoric ester groups is 2. The number of rotatable bonds is 78. The highest BCUT2D eigenvalue weighted by Gasteiger charge is 2.30. The quantitative estimate of drug-likeness (QED) is 0.0169. The Bertz CT molecular complexity index is 1950. The summed E-state index contributed by atoms with van der Waals surface area (Å²) in [7, 11) is -9.93. The Morgan fingerprint density at radius 1 is 0.276 bits per heavy atom. The number of phosphoric acid groups is 2. The summed E-state index contributed by atoms with van der Waals surface area (Å²) in [5, 5.41) is 10.6. The van der Waals surface area contributed by atoms with Crippen molar-refractivity contribution >= 4 is 39.5 Å². The molecule has 0 amide bonds. The van der Waals surface area contributed by atoms with Crippen molar-refractivity contribution in [2.24, 2.45) is 0 Å². The molecule has 0 heterocycles. The van der Waals surface area contributed by atoms with Crippen molar-refractivity contribution in [3.05, 3.63) is 24.3 Å². The molecule has 2 unspecified atom stereocenters. The Morgan fingerprint density at radius 3 is 0.704 bits per heavy atom. The highest BCUT2D eigenvalue weighted by molar-refractivity contribution is 7.47. The molecule has 0 spiro atoms. The number of ether oxygens (including phenoxy) is 4. The van der Waals surface area contributed by atoms with E-state index in [0.29, 0.717) is 25.7 Å². The molecule has 0 radical (unpaired) electrons. The second-order valence-electron chi connectivity index (χ2n) is 27.7. The number of esters is 4. The van der Waals surface area contributed by atoms with E-state index in [2.05, 4.69) is 52.0 Å². The third-order valence-electron chi connectivity index (χ3n) is 17.9. The molecule has 0 aromatic heterocycles. The van der Waals surface area contributed by atoms with Crippen LogP contribution in [0.15, 0.2) is 24.3 Å². The lowest BCUT2D eigenvalue weighted by Gasteiger charge is -2.21. The van der Waals surface area contributed by atoms with Gasteiger partial charge in [0.25, 0.3) is 0 Å². The summed E-state index contributed by atoms with van der Waals surface area (Å²) in [6.45, 7) is 4.96. The molecule has 0 saturated carbocycles. The molecule has 19 heteroatoms. The van der Waals surface area contributed by atoms with Gasteiger partial charge in [0.05, 0.1) is 26.4 Å². The fourth-order valence-corrected chi connectivity index (χ4v) is 13.3. The summed E-state index contributed by atoms with van der Waals surface area (Å²) in [6, 6.07) is 0. The lowest BCUT2D eigenvalue weighted by atomic mass is 10.0. The normalized spacial score (nSPS) is 14.0. The number of hydrogen-bond acceptors (Lipinski definition) is 15. The average molecular weight is 1430 g/mol. The van der Waals surface area contributed by atoms with Gasteiger partial charge in [0.15, 0.2) is 12.2 Å². The zero-order chi connectivity index (χ0) is 71.8. The Balaban J connectivity index is 5.30. The molecule has 0 saturated heterocycles. The van der Waals surface area contributed by atoms with E-state index in [4.69, 9.17) is 37.0 Å². The minimum absolute atomic E-state index is 0.0940. The SMILES string of the molecule is CCCCCCCC/C=C\CCCCCCCC(=O)OC[C@H](COP(=O)(O)OC[C@H](O)COP(=O)(O)OC[C@@H](COC(=O)CCCCCCCCCCCCCCCCC)OC(=O)CCCCCCC/C=C\CCCCCCCC)OC(=O)CCCCCCCCCCCCCCC. The van der Waals surface area contributed by atoms with Crippen molar-refractivity contribution in [3.8, 4) is 0 Å². The Morgan fingerprint density at radius 2 is 0.469 bits per heavy atom. The maximum absolute atomic E-state index is 13.1. The van der Waals surface area contributed by atoms with Crippen LogP contribution in [0.3, 0.4) is 0 Å².